The van der Waals surface area contributed by atoms with Crippen LogP contribution >= 0.6 is 0 Å². The van der Waals surface area contributed by atoms with Crippen LogP contribution in [0.2, 0.25) is 0 Å². The standard InChI is InChI=1S/C8H17NO3/c1-10-8(11-2)12-7-4-3-5-9-6-7/h7-9H,3-6H2,1-2H3. The third-order valence-electron chi connectivity index (χ3n) is 1.94. The predicted octanol–water partition coefficient (Wildman–Crippen LogP) is 0.331. The van der Waals surface area contributed by atoms with Gasteiger partial charge in [0.15, 0.2) is 0 Å². The summed E-state index contributed by atoms with van der Waals surface area (Å²) in [5.74, 6) is 0. The van der Waals surface area contributed by atoms with Crippen molar-refractivity contribution >= 4 is 0 Å². The molecular formula is C8H17NO3. The Balaban J connectivity index is 2.18. The van der Waals surface area contributed by atoms with Gasteiger partial charge >= 0.3 is 0 Å². The van der Waals surface area contributed by atoms with Gasteiger partial charge in [-0.2, -0.15) is 0 Å². The summed E-state index contributed by atoms with van der Waals surface area (Å²) in [6, 6.07) is 0. The van der Waals surface area contributed by atoms with Crippen LogP contribution in [-0.4, -0.2) is 39.9 Å². The Kier molecular flexibility index (Phi) is 4.53. The van der Waals surface area contributed by atoms with Crippen LogP contribution in [-0.2, 0) is 14.2 Å². The van der Waals surface area contributed by atoms with Gasteiger partial charge in [-0.25, -0.2) is 0 Å². The van der Waals surface area contributed by atoms with E-state index in [1.54, 1.807) is 14.2 Å². The van der Waals surface area contributed by atoms with Gasteiger partial charge < -0.3 is 19.5 Å². The molecule has 1 unspecified atom stereocenters. The van der Waals surface area contributed by atoms with E-state index in [9.17, 15) is 0 Å². The molecule has 0 aromatic carbocycles. The molecule has 1 fully saturated rings. The maximum atomic E-state index is 5.48. The molecule has 0 saturated carbocycles. The van der Waals surface area contributed by atoms with E-state index in [0.717, 1.165) is 25.9 Å². The third kappa shape index (κ3) is 3.06. The molecule has 0 spiro atoms. The van der Waals surface area contributed by atoms with Gasteiger partial charge in [0.2, 0.25) is 0 Å². The zero-order valence-electron chi connectivity index (χ0n) is 7.71. The Morgan fingerprint density at radius 2 is 2.08 bits per heavy atom. The summed E-state index contributed by atoms with van der Waals surface area (Å²) < 4.78 is 15.3. The van der Waals surface area contributed by atoms with Crippen LogP contribution in [0.5, 0.6) is 0 Å². The minimum atomic E-state index is -0.519. The fourth-order valence-corrected chi connectivity index (χ4v) is 1.30. The first-order valence-corrected chi connectivity index (χ1v) is 4.28. The molecule has 1 aliphatic rings. The highest BCUT2D eigenvalue weighted by atomic mass is 16.8. The van der Waals surface area contributed by atoms with Gasteiger partial charge in [0.25, 0.3) is 6.48 Å². The van der Waals surface area contributed by atoms with Crippen molar-refractivity contribution in [2.24, 2.45) is 0 Å². The number of rotatable bonds is 4. The zero-order chi connectivity index (χ0) is 8.81. The van der Waals surface area contributed by atoms with Crippen molar-refractivity contribution < 1.29 is 14.2 Å². The van der Waals surface area contributed by atoms with Gasteiger partial charge in [-0.3, -0.25) is 0 Å². The van der Waals surface area contributed by atoms with Crippen molar-refractivity contribution in [3.8, 4) is 0 Å². The highest BCUT2D eigenvalue weighted by Crippen LogP contribution is 2.09. The van der Waals surface area contributed by atoms with Gasteiger partial charge in [0.05, 0.1) is 6.10 Å². The summed E-state index contributed by atoms with van der Waals surface area (Å²) in [5.41, 5.74) is 0. The molecule has 0 aliphatic carbocycles. The molecule has 1 rings (SSSR count). The number of hydrogen-bond donors (Lipinski definition) is 1. The predicted molar refractivity (Wildman–Crippen MR) is 44.8 cm³/mol. The monoisotopic (exact) mass is 175 g/mol. The number of hydrogen-bond acceptors (Lipinski definition) is 4. The lowest BCUT2D eigenvalue weighted by atomic mass is 10.1. The van der Waals surface area contributed by atoms with Crippen molar-refractivity contribution in [3.05, 3.63) is 0 Å². The van der Waals surface area contributed by atoms with Gasteiger partial charge in [0, 0.05) is 20.8 Å². The summed E-state index contributed by atoms with van der Waals surface area (Å²) in [6.45, 7) is 1.46. The van der Waals surface area contributed by atoms with E-state index in [1.165, 1.54) is 0 Å². The lowest BCUT2D eigenvalue weighted by Crippen LogP contribution is -2.38. The minimum Gasteiger partial charge on any atom is -0.333 e. The van der Waals surface area contributed by atoms with Gasteiger partial charge in [-0.05, 0) is 19.4 Å². The van der Waals surface area contributed by atoms with Crippen LogP contribution in [0.3, 0.4) is 0 Å². The van der Waals surface area contributed by atoms with Crippen molar-refractivity contribution in [2.45, 2.75) is 25.4 Å². The maximum Gasteiger partial charge on any atom is 0.271 e. The normalized spacial score (nSPS) is 24.8. The molecule has 0 aromatic heterocycles. The lowest BCUT2D eigenvalue weighted by Gasteiger charge is -2.26. The summed E-state index contributed by atoms with van der Waals surface area (Å²) in [5, 5.41) is 3.25. The first-order chi connectivity index (χ1) is 5.86. The van der Waals surface area contributed by atoms with Crippen LogP contribution in [0.25, 0.3) is 0 Å². The minimum absolute atomic E-state index is 0.226. The van der Waals surface area contributed by atoms with Crippen molar-refractivity contribution in [1.29, 1.82) is 0 Å². The molecule has 12 heavy (non-hydrogen) atoms. The summed E-state index contributed by atoms with van der Waals surface area (Å²) in [6.07, 6.45) is 2.46. The Hall–Kier alpha value is -0.160. The largest absolute Gasteiger partial charge is 0.333 e. The van der Waals surface area contributed by atoms with E-state index in [1.807, 2.05) is 0 Å². The summed E-state index contributed by atoms with van der Waals surface area (Å²) in [4.78, 5) is 0. The quantitative estimate of drug-likeness (QED) is 0.625. The van der Waals surface area contributed by atoms with Crippen LogP contribution in [0, 0.1) is 0 Å². The van der Waals surface area contributed by atoms with Gasteiger partial charge in [-0.1, -0.05) is 0 Å². The number of ether oxygens (including phenoxy) is 3. The van der Waals surface area contributed by atoms with Crippen LogP contribution < -0.4 is 5.32 Å². The topological polar surface area (TPSA) is 39.7 Å². The Bertz CT molecular complexity index is 111. The molecule has 72 valence electrons. The van der Waals surface area contributed by atoms with E-state index >= 15 is 0 Å². The van der Waals surface area contributed by atoms with Crippen molar-refractivity contribution in [3.63, 3.8) is 0 Å². The number of methoxy groups -OCH3 is 2. The van der Waals surface area contributed by atoms with E-state index in [4.69, 9.17) is 14.2 Å². The van der Waals surface area contributed by atoms with Crippen LogP contribution in [0.1, 0.15) is 12.8 Å². The zero-order valence-corrected chi connectivity index (χ0v) is 7.71. The molecule has 4 heteroatoms. The van der Waals surface area contributed by atoms with Crippen LogP contribution in [0.15, 0.2) is 0 Å². The molecule has 1 heterocycles. The molecule has 0 bridgehead atoms. The average molecular weight is 175 g/mol. The van der Waals surface area contributed by atoms with Crippen molar-refractivity contribution in [1.82, 2.24) is 5.32 Å². The first kappa shape index (κ1) is 9.92. The second-order valence-electron chi connectivity index (χ2n) is 2.86. The van der Waals surface area contributed by atoms with E-state index in [-0.39, 0.29) is 6.10 Å². The molecule has 0 amide bonds. The Labute approximate surface area is 73.2 Å². The smallest absolute Gasteiger partial charge is 0.271 e. The Morgan fingerprint density at radius 3 is 2.58 bits per heavy atom. The molecule has 4 nitrogen and oxygen atoms in total. The maximum absolute atomic E-state index is 5.48. The first-order valence-electron chi connectivity index (χ1n) is 4.28. The third-order valence-corrected chi connectivity index (χ3v) is 1.94. The SMILES string of the molecule is COC(OC)OC1CCCNC1. The Morgan fingerprint density at radius 1 is 1.33 bits per heavy atom. The van der Waals surface area contributed by atoms with E-state index in [0.29, 0.717) is 0 Å². The summed E-state index contributed by atoms with van der Waals surface area (Å²) >= 11 is 0. The van der Waals surface area contributed by atoms with E-state index < -0.39 is 6.48 Å². The second kappa shape index (κ2) is 5.48. The fraction of sp³-hybridized carbons (Fsp3) is 1.00. The number of piperidine rings is 1. The molecule has 0 radical (unpaired) electrons. The molecule has 1 atom stereocenters. The molecular weight excluding hydrogens is 158 g/mol. The molecule has 1 saturated heterocycles. The van der Waals surface area contributed by atoms with Gasteiger partial charge in [0.1, 0.15) is 0 Å². The van der Waals surface area contributed by atoms with Crippen molar-refractivity contribution in [2.75, 3.05) is 27.3 Å². The average Bonchev–Trinajstić information content (AvgIpc) is 2.16. The molecule has 1 aliphatic heterocycles. The lowest BCUT2D eigenvalue weighted by molar-refractivity contribution is -0.284. The second-order valence-corrected chi connectivity index (χ2v) is 2.86. The summed E-state index contributed by atoms with van der Waals surface area (Å²) in [7, 11) is 3.15. The van der Waals surface area contributed by atoms with Crippen LogP contribution in [0.4, 0.5) is 0 Å². The van der Waals surface area contributed by atoms with E-state index in [2.05, 4.69) is 5.32 Å². The number of nitrogens with one attached hydrogen (secondary N) is 1. The van der Waals surface area contributed by atoms with Gasteiger partial charge in [-0.15, -0.1) is 0 Å². The fourth-order valence-electron chi connectivity index (χ4n) is 1.30. The highest BCUT2D eigenvalue weighted by molar-refractivity contribution is 4.68. The highest BCUT2D eigenvalue weighted by Gasteiger charge is 2.17. The molecule has 0 aromatic rings. The molecule has 1 N–H and O–H groups in total.